The monoisotopic (exact) mass is 378 g/mol. The molecule has 0 aromatic heterocycles. The Labute approximate surface area is 135 Å². The van der Waals surface area contributed by atoms with Crippen molar-refractivity contribution in [2.24, 2.45) is 0 Å². The van der Waals surface area contributed by atoms with Crippen LogP contribution in [-0.2, 0) is 16.6 Å². The van der Waals surface area contributed by atoms with Crippen LogP contribution in [0.1, 0.15) is 25.0 Å². The van der Waals surface area contributed by atoms with Gasteiger partial charge in [-0.15, -0.1) is 0 Å². The van der Waals surface area contributed by atoms with E-state index in [-0.39, 0.29) is 17.0 Å². The average Bonchev–Trinajstić information content (AvgIpc) is 2.39. The number of rotatable bonds is 6. The molecule has 0 fully saturated rings. The van der Waals surface area contributed by atoms with E-state index in [0.29, 0.717) is 22.1 Å². The molecule has 0 radical (unpaired) electrons. The van der Waals surface area contributed by atoms with Crippen LogP contribution in [0.25, 0.3) is 0 Å². The minimum absolute atomic E-state index is 0.190. The third-order valence-corrected chi connectivity index (χ3v) is 6.09. The smallest absolute Gasteiger partial charge is 0.240 e. The van der Waals surface area contributed by atoms with Crippen molar-refractivity contribution in [2.45, 2.75) is 37.8 Å². The van der Waals surface area contributed by atoms with Crippen molar-refractivity contribution < 1.29 is 13.5 Å². The van der Waals surface area contributed by atoms with Gasteiger partial charge in [-0.1, -0.05) is 15.9 Å². The zero-order valence-corrected chi connectivity index (χ0v) is 15.5. The van der Waals surface area contributed by atoms with Gasteiger partial charge in [-0.05, 0) is 58.1 Å². The van der Waals surface area contributed by atoms with Gasteiger partial charge in [0.1, 0.15) is 0 Å². The lowest BCUT2D eigenvalue weighted by Crippen LogP contribution is -2.48. The van der Waals surface area contributed by atoms with Gasteiger partial charge < -0.3 is 10.0 Å². The van der Waals surface area contributed by atoms with E-state index in [4.69, 9.17) is 0 Å². The summed E-state index contributed by atoms with van der Waals surface area (Å²) in [5.41, 5.74) is 0.884. The fourth-order valence-corrected chi connectivity index (χ4v) is 3.74. The van der Waals surface area contributed by atoms with Gasteiger partial charge >= 0.3 is 0 Å². The van der Waals surface area contributed by atoms with Crippen LogP contribution in [0.15, 0.2) is 21.5 Å². The maximum atomic E-state index is 12.5. The highest BCUT2D eigenvalue weighted by atomic mass is 79.9. The number of halogens is 1. The lowest BCUT2D eigenvalue weighted by molar-refractivity contribution is 0.199. The fourth-order valence-electron chi connectivity index (χ4n) is 1.58. The molecule has 0 aliphatic rings. The van der Waals surface area contributed by atoms with Crippen LogP contribution in [-0.4, -0.2) is 44.6 Å². The number of hydrogen-bond donors (Lipinski definition) is 2. The summed E-state index contributed by atoms with van der Waals surface area (Å²) in [6.45, 7) is 5.75. The van der Waals surface area contributed by atoms with Gasteiger partial charge in [-0.25, -0.2) is 13.1 Å². The first-order chi connectivity index (χ1) is 9.51. The van der Waals surface area contributed by atoms with Gasteiger partial charge in [-0.2, -0.15) is 0 Å². The third-order valence-electron chi connectivity index (χ3n) is 3.73. The van der Waals surface area contributed by atoms with E-state index in [9.17, 15) is 13.5 Å². The topological polar surface area (TPSA) is 69.6 Å². The maximum Gasteiger partial charge on any atom is 0.240 e. The zero-order valence-electron chi connectivity index (χ0n) is 13.1. The van der Waals surface area contributed by atoms with Crippen molar-refractivity contribution in [3.8, 4) is 0 Å². The zero-order chi connectivity index (χ0) is 16.4. The second kappa shape index (κ2) is 6.75. The van der Waals surface area contributed by atoms with Gasteiger partial charge in [-0.3, -0.25) is 0 Å². The summed E-state index contributed by atoms with van der Waals surface area (Å²) in [6, 6.07) is 3.23. The number of benzene rings is 1. The quantitative estimate of drug-likeness (QED) is 0.792. The van der Waals surface area contributed by atoms with Crippen molar-refractivity contribution >= 4 is 26.0 Å². The summed E-state index contributed by atoms with van der Waals surface area (Å²) in [5.74, 6) is 0. The minimum atomic E-state index is -3.63. The number of aliphatic hydroxyl groups excluding tert-OH is 1. The standard InChI is InChI=1S/C14H23BrN2O3S/c1-10-12(15)6-11(8-18)7-13(10)21(19,20)16-9-14(2,3)17(4)5/h6-7,16,18H,8-9H2,1-5H3. The van der Waals surface area contributed by atoms with Crippen LogP contribution < -0.4 is 4.72 Å². The van der Waals surface area contributed by atoms with Crippen molar-refractivity contribution in [1.29, 1.82) is 0 Å². The molecule has 0 saturated heterocycles. The van der Waals surface area contributed by atoms with Gasteiger partial charge in [0, 0.05) is 16.6 Å². The lowest BCUT2D eigenvalue weighted by Gasteiger charge is -2.32. The summed E-state index contributed by atoms with van der Waals surface area (Å²) >= 11 is 3.33. The maximum absolute atomic E-state index is 12.5. The highest BCUT2D eigenvalue weighted by molar-refractivity contribution is 9.10. The van der Waals surface area contributed by atoms with Crippen molar-refractivity contribution in [1.82, 2.24) is 9.62 Å². The van der Waals surface area contributed by atoms with Crippen molar-refractivity contribution in [2.75, 3.05) is 20.6 Å². The van der Waals surface area contributed by atoms with E-state index >= 15 is 0 Å². The van der Waals surface area contributed by atoms with E-state index in [1.165, 1.54) is 6.07 Å². The third kappa shape index (κ3) is 4.50. The Morgan fingerprint density at radius 3 is 2.38 bits per heavy atom. The molecule has 1 aromatic carbocycles. The summed E-state index contributed by atoms with van der Waals surface area (Å²) < 4.78 is 28.3. The second-order valence-corrected chi connectivity index (χ2v) is 8.48. The predicted molar refractivity (Wildman–Crippen MR) is 87.8 cm³/mol. The first kappa shape index (κ1) is 18.6. The Morgan fingerprint density at radius 2 is 1.90 bits per heavy atom. The second-order valence-electron chi connectivity index (χ2n) is 5.89. The largest absolute Gasteiger partial charge is 0.392 e. The molecule has 120 valence electrons. The number of nitrogens with one attached hydrogen (secondary N) is 1. The number of likely N-dealkylation sites (N-methyl/N-ethyl adjacent to an activating group) is 1. The molecule has 0 amide bonds. The molecule has 0 unspecified atom stereocenters. The van der Waals surface area contributed by atoms with Gasteiger partial charge in [0.05, 0.1) is 11.5 Å². The van der Waals surface area contributed by atoms with Gasteiger partial charge in [0.2, 0.25) is 10.0 Å². The van der Waals surface area contributed by atoms with E-state index in [2.05, 4.69) is 20.7 Å². The van der Waals surface area contributed by atoms with Crippen LogP contribution in [0.5, 0.6) is 0 Å². The Morgan fingerprint density at radius 1 is 1.33 bits per heavy atom. The molecule has 0 atom stereocenters. The molecule has 0 aliphatic carbocycles. The van der Waals surface area contributed by atoms with Crippen molar-refractivity contribution in [3.63, 3.8) is 0 Å². The molecule has 1 aromatic rings. The highest BCUT2D eigenvalue weighted by Crippen LogP contribution is 2.26. The van der Waals surface area contributed by atoms with Crippen LogP contribution in [0.2, 0.25) is 0 Å². The molecule has 7 heteroatoms. The Bertz CT molecular complexity index is 613. The predicted octanol–water partition coefficient (Wildman–Crippen LogP) is 1.87. The molecule has 5 nitrogen and oxygen atoms in total. The first-order valence-electron chi connectivity index (χ1n) is 6.58. The normalized spacial score (nSPS) is 13.0. The van der Waals surface area contributed by atoms with Gasteiger partial charge in [0.25, 0.3) is 0 Å². The summed E-state index contributed by atoms with van der Waals surface area (Å²) in [5, 5.41) is 9.23. The van der Waals surface area contributed by atoms with Crippen LogP contribution in [0, 0.1) is 6.92 Å². The average molecular weight is 379 g/mol. The van der Waals surface area contributed by atoms with Crippen LogP contribution in [0.3, 0.4) is 0 Å². The molecule has 0 heterocycles. The molecule has 0 aliphatic heterocycles. The van der Waals surface area contributed by atoms with Crippen LogP contribution >= 0.6 is 15.9 Å². The number of hydrogen-bond acceptors (Lipinski definition) is 4. The summed E-state index contributed by atoms with van der Waals surface area (Å²) in [7, 11) is 0.180. The van der Waals surface area contributed by atoms with E-state index in [0.717, 1.165) is 0 Å². The molecular formula is C14H23BrN2O3S. The fraction of sp³-hybridized carbons (Fsp3) is 0.571. The Hall–Kier alpha value is -0.470. The molecule has 2 N–H and O–H groups in total. The summed E-state index contributed by atoms with van der Waals surface area (Å²) in [6.07, 6.45) is 0. The van der Waals surface area contributed by atoms with E-state index < -0.39 is 10.0 Å². The van der Waals surface area contributed by atoms with Crippen LogP contribution in [0.4, 0.5) is 0 Å². The molecule has 21 heavy (non-hydrogen) atoms. The number of nitrogens with zero attached hydrogens (tertiary/aromatic N) is 1. The van der Waals surface area contributed by atoms with Gasteiger partial charge in [0.15, 0.2) is 0 Å². The Balaban J connectivity index is 3.12. The molecule has 1 rings (SSSR count). The molecule has 0 spiro atoms. The molecule has 0 bridgehead atoms. The first-order valence-corrected chi connectivity index (χ1v) is 8.86. The minimum Gasteiger partial charge on any atom is -0.392 e. The lowest BCUT2D eigenvalue weighted by atomic mass is 10.1. The molecular weight excluding hydrogens is 356 g/mol. The van der Waals surface area contributed by atoms with E-state index in [1.54, 1.807) is 13.0 Å². The SMILES string of the molecule is Cc1c(Br)cc(CO)cc1S(=O)(=O)NCC(C)(C)N(C)C. The number of aliphatic hydroxyl groups is 1. The summed E-state index contributed by atoms with van der Waals surface area (Å²) in [4.78, 5) is 2.15. The molecule has 0 saturated carbocycles. The highest BCUT2D eigenvalue weighted by Gasteiger charge is 2.25. The number of sulfonamides is 1. The van der Waals surface area contributed by atoms with Crippen molar-refractivity contribution in [3.05, 3.63) is 27.7 Å². The van der Waals surface area contributed by atoms with E-state index in [1.807, 2.05) is 32.8 Å². The Kier molecular flexibility index (Phi) is 5.97.